The summed E-state index contributed by atoms with van der Waals surface area (Å²) in [5.41, 5.74) is 1.50. The van der Waals surface area contributed by atoms with Crippen LogP contribution < -0.4 is 20.3 Å². The van der Waals surface area contributed by atoms with Gasteiger partial charge in [-0.25, -0.2) is 0 Å². The first kappa shape index (κ1) is 26.0. The minimum atomic E-state index is -4.88. The second-order valence-corrected chi connectivity index (χ2v) is 8.87. The first-order valence-corrected chi connectivity index (χ1v) is 11.4. The van der Waals surface area contributed by atoms with E-state index in [1.807, 2.05) is 0 Å². The fraction of sp³-hybridized carbons (Fsp3) is 0.286. The number of carbonyl (C=O) groups is 2. The number of hydrogen-bond donors (Lipinski definition) is 2. The molecule has 0 bridgehead atoms. The monoisotopic (exact) mass is 578 g/mol. The average molecular weight is 580 g/mol. The van der Waals surface area contributed by atoms with E-state index in [1.54, 1.807) is 41.3 Å². The van der Waals surface area contributed by atoms with Crippen LogP contribution in [0.15, 0.2) is 40.9 Å². The lowest BCUT2D eigenvalue weighted by Crippen LogP contribution is -2.52. The van der Waals surface area contributed by atoms with Crippen molar-refractivity contribution in [2.45, 2.75) is 6.18 Å². The first-order valence-electron chi connectivity index (χ1n) is 9.86. The molecule has 7 nitrogen and oxygen atoms in total. The number of methoxy groups -OCH3 is 1. The van der Waals surface area contributed by atoms with Gasteiger partial charge in [-0.2, -0.15) is 13.2 Å². The maximum atomic E-state index is 12.6. The Hall–Kier alpha value is -2.57. The number of nitrogens with one attached hydrogen (secondary N) is 2. The number of anilines is 2. The standard InChI is InChI=1S/C21H19BrClF3N4O3S/c1-33-17-5-2-12(10-14(17)22)18(31)28-20(34)27-13-3-4-16(15(23)11-13)29-6-8-30(9-7-29)19(32)21(24,25)26/h2-5,10-11H,6-9H2,1H3,(H2,27,28,31,34). The molecule has 2 aromatic rings. The van der Waals surface area contributed by atoms with Crippen molar-refractivity contribution in [1.82, 2.24) is 10.2 Å². The van der Waals surface area contributed by atoms with Crippen LogP contribution in [-0.2, 0) is 4.79 Å². The fourth-order valence-electron chi connectivity index (χ4n) is 3.32. The van der Waals surface area contributed by atoms with Gasteiger partial charge < -0.3 is 19.9 Å². The summed E-state index contributed by atoms with van der Waals surface area (Å²) in [6.45, 7) is 0.291. The molecule has 2 amide bonds. The van der Waals surface area contributed by atoms with E-state index >= 15 is 0 Å². The fourth-order valence-corrected chi connectivity index (χ4v) is 4.37. The highest BCUT2D eigenvalue weighted by Gasteiger charge is 2.43. The molecular formula is C21H19BrClF3N4O3S. The van der Waals surface area contributed by atoms with Crippen molar-refractivity contribution < 1.29 is 27.5 Å². The molecule has 0 spiro atoms. The molecule has 3 rings (SSSR count). The van der Waals surface area contributed by atoms with Crippen molar-refractivity contribution in [1.29, 1.82) is 0 Å². The van der Waals surface area contributed by atoms with Gasteiger partial charge in [0, 0.05) is 37.4 Å². The normalized spacial score (nSPS) is 13.9. The Morgan fingerprint density at radius 3 is 2.35 bits per heavy atom. The summed E-state index contributed by atoms with van der Waals surface area (Å²) in [5.74, 6) is -1.68. The Bertz CT molecular complexity index is 1110. The van der Waals surface area contributed by atoms with Gasteiger partial charge in [-0.1, -0.05) is 11.6 Å². The number of benzene rings is 2. The molecule has 1 aliphatic rings. The third kappa shape index (κ3) is 6.30. The molecule has 0 aromatic heterocycles. The molecule has 34 heavy (non-hydrogen) atoms. The largest absolute Gasteiger partial charge is 0.496 e. The van der Waals surface area contributed by atoms with Crippen LogP contribution in [0.4, 0.5) is 24.5 Å². The number of alkyl halides is 3. The molecule has 1 heterocycles. The quantitative estimate of drug-likeness (QED) is 0.522. The number of thiocarbonyl (C=S) groups is 1. The summed E-state index contributed by atoms with van der Waals surface area (Å²) in [4.78, 5) is 26.4. The van der Waals surface area contributed by atoms with E-state index in [0.29, 0.717) is 32.2 Å². The minimum absolute atomic E-state index is 0.0556. The Kier molecular flexibility index (Phi) is 8.26. The Labute approximate surface area is 212 Å². The second-order valence-electron chi connectivity index (χ2n) is 7.20. The minimum Gasteiger partial charge on any atom is -0.496 e. The first-order chi connectivity index (χ1) is 16.0. The van der Waals surface area contributed by atoms with Crippen molar-refractivity contribution in [3.63, 3.8) is 0 Å². The van der Waals surface area contributed by atoms with E-state index in [2.05, 4.69) is 26.6 Å². The van der Waals surface area contributed by atoms with Crippen LogP contribution in [0.3, 0.4) is 0 Å². The smallest absolute Gasteiger partial charge is 0.471 e. The number of carbonyl (C=O) groups excluding carboxylic acids is 2. The molecule has 1 fully saturated rings. The number of nitrogens with zero attached hydrogens (tertiary/aromatic N) is 2. The van der Waals surface area contributed by atoms with Gasteiger partial charge in [0.05, 0.1) is 22.3 Å². The van der Waals surface area contributed by atoms with Crippen LogP contribution in [-0.4, -0.2) is 61.3 Å². The van der Waals surface area contributed by atoms with Crippen molar-refractivity contribution >= 4 is 68.1 Å². The zero-order valence-electron chi connectivity index (χ0n) is 17.7. The number of ether oxygens (including phenoxy) is 1. The Balaban J connectivity index is 1.58. The zero-order valence-corrected chi connectivity index (χ0v) is 20.9. The third-order valence-electron chi connectivity index (χ3n) is 5.00. The summed E-state index contributed by atoms with van der Waals surface area (Å²) in [7, 11) is 1.52. The van der Waals surface area contributed by atoms with Crippen molar-refractivity contribution in [3.8, 4) is 5.75 Å². The van der Waals surface area contributed by atoms with Crippen molar-refractivity contribution in [3.05, 3.63) is 51.5 Å². The average Bonchev–Trinajstić information content (AvgIpc) is 2.78. The van der Waals surface area contributed by atoms with E-state index in [4.69, 9.17) is 28.6 Å². The van der Waals surface area contributed by atoms with Gasteiger partial charge >= 0.3 is 12.1 Å². The lowest BCUT2D eigenvalue weighted by molar-refractivity contribution is -0.185. The van der Waals surface area contributed by atoms with Crippen LogP contribution >= 0.6 is 39.7 Å². The number of halogens is 5. The van der Waals surface area contributed by atoms with Gasteiger partial charge in [-0.3, -0.25) is 14.9 Å². The topological polar surface area (TPSA) is 73.9 Å². The summed E-state index contributed by atoms with van der Waals surface area (Å²) >= 11 is 14.9. The van der Waals surface area contributed by atoms with Gasteiger partial charge in [0.25, 0.3) is 5.91 Å². The van der Waals surface area contributed by atoms with E-state index in [0.717, 1.165) is 4.90 Å². The van der Waals surface area contributed by atoms with E-state index in [9.17, 15) is 22.8 Å². The van der Waals surface area contributed by atoms with Crippen molar-refractivity contribution in [2.75, 3.05) is 43.5 Å². The molecule has 1 saturated heterocycles. The lowest BCUT2D eigenvalue weighted by Gasteiger charge is -2.36. The summed E-state index contributed by atoms with van der Waals surface area (Å²) in [6, 6.07) is 9.80. The predicted octanol–water partition coefficient (Wildman–Crippen LogP) is 4.45. The van der Waals surface area contributed by atoms with Crippen LogP contribution in [0.2, 0.25) is 5.02 Å². The maximum Gasteiger partial charge on any atom is 0.471 e. The molecule has 13 heteroatoms. The van der Waals surface area contributed by atoms with Gasteiger partial charge in [0.1, 0.15) is 5.75 Å². The van der Waals surface area contributed by atoms with Crippen LogP contribution in [0.5, 0.6) is 5.75 Å². The number of rotatable bonds is 4. The predicted molar refractivity (Wildman–Crippen MR) is 131 cm³/mol. The SMILES string of the molecule is COc1ccc(C(=O)NC(=S)Nc2ccc(N3CCN(C(=O)C(F)(F)F)CC3)c(Cl)c2)cc1Br. The molecular weight excluding hydrogens is 561 g/mol. The molecule has 2 N–H and O–H groups in total. The maximum absolute atomic E-state index is 12.6. The summed E-state index contributed by atoms with van der Waals surface area (Å²) < 4.78 is 43.6. The third-order valence-corrected chi connectivity index (χ3v) is 6.12. The van der Waals surface area contributed by atoms with Crippen molar-refractivity contribution in [2.24, 2.45) is 0 Å². The van der Waals surface area contributed by atoms with E-state index in [-0.39, 0.29) is 31.3 Å². The highest BCUT2D eigenvalue weighted by atomic mass is 79.9. The summed E-state index contributed by atoms with van der Waals surface area (Å²) in [6.07, 6.45) is -4.88. The molecule has 0 atom stereocenters. The molecule has 2 aromatic carbocycles. The van der Waals surface area contributed by atoms with Crippen LogP contribution in [0.1, 0.15) is 10.4 Å². The van der Waals surface area contributed by atoms with Gasteiger partial charge in [0.2, 0.25) is 0 Å². The second kappa shape index (κ2) is 10.8. The number of amides is 2. The van der Waals surface area contributed by atoms with Crippen LogP contribution in [0, 0.1) is 0 Å². The highest BCUT2D eigenvalue weighted by molar-refractivity contribution is 9.10. The molecule has 0 saturated carbocycles. The van der Waals surface area contributed by atoms with E-state index < -0.39 is 18.0 Å². The Morgan fingerprint density at radius 1 is 1.12 bits per heavy atom. The van der Waals surface area contributed by atoms with Gasteiger partial charge in [0.15, 0.2) is 5.11 Å². The zero-order chi connectivity index (χ0) is 25.0. The molecule has 182 valence electrons. The molecule has 1 aliphatic heterocycles. The lowest BCUT2D eigenvalue weighted by atomic mass is 10.2. The number of hydrogen-bond acceptors (Lipinski definition) is 5. The highest BCUT2D eigenvalue weighted by Crippen LogP contribution is 2.30. The van der Waals surface area contributed by atoms with Gasteiger partial charge in [-0.15, -0.1) is 0 Å². The molecule has 0 aliphatic carbocycles. The Morgan fingerprint density at radius 2 is 1.79 bits per heavy atom. The number of piperazine rings is 1. The van der Waals surface area contributed by atoms with E-state index in [1.165, 1.54) is 7.11 Å². The molecule has 0 radical (unpaired) electrons. The van der Waals surface area contributed by atoms with Crippen LogP contribution in [0.25, 0.3) is 0 Å². The van der Waals surface area contributed by atoms with Gasteiger partial charge in [-0.05, 0) is 64.5 Å². The summed E-state index contributed by atoms with van der Waals surface area (Å²) in [5, 5.41) is 5.84. The molecule has 0 unspecified atom stereocenters.